The average Bonchev–Trinajstić information content (AvgIpc) is 2.85. The van der Waals surface area contributed by atoms with E-state index < -0.39 is 0 Å². The SMILES string of the molecule is Cl.Clc1cccc(C2CNCCN2Cc2ncc(Cl)s2)c1. The average molecular weight is 365 g/mol. The lowest BCUT2D eigenvalue weighted by Crippen LogP contribution is -2.45. The van der Waals surface area contributed by atoms with Gasteiger partial charge < -0.3 is 5.32 Å². The Labute approximate surface area is 144 Å². The molecule has 3 rings (SSSR count). The fourth-order valence-electron chi connectivity index (χ4n) is 2.51. The molecule has 2 heterocycles. The minimum Gasteiger partial charge on any atom is -0.314 e. The highest BCUT2D eigenvalue weighted by Gasteiger charge is 2.24. The molecule has 1 aliphatic rings. The largest absolute Gasteiger partial charge is 0.314 e. The number of rotatable bonds is 3. The lowest BCUT2D eigenvalue weighted by molar-refractivity contribution is 0.153. The van der Waals surface area contributed by atoms with Crippen LogP contribution in [-0.2, 0) is 6.54 Å². The van der Waals surface area contributed by atoms with E-state index in [-0.39, 0.29) is 12.4 Å². The second kappa shape index (κ2) is 7.77. The Hall–Kier alpha value is -0.360. The molecule has 2 aromatic rings. The summed E-state index contributed by atoms with van der Waals surface area (Å²) in [4.78, 5) is 6.78. The number of halogens is 3. The van der Waals surface area contributed by atoms with Crippen molar-refractivity contribution < 1.29 is 0 Å². The zero-order chi connectivity index (χ0) is 13.9. The molecule has 0 saturated carbocycles. The van der Waals surface area contributed by atoms with Gasteiger partial charge in [0.2, 0.25) is 0 Å². The standard InChI is InChI=1S/C14H15Cl2N3S.ClH/c15-11-3-1-2-10(6-11)12-7-17-4-5-19(12)9-14-18-8-13(16)20-14;/h1-3,6,8,12,17H,4-5,7,9H2;1H. The van der Waals surface area contributed by atoms with Crippen LogP contribution in [0.25, 0.3) is 0 Å². The van der Waals surface area contributed by atoms with Crippen molar-refractivity contribution in [2.75, 3.05) is 19.6 Å². The fraction of sp³-hybridized carbons (Fsp3) is 0.357. The Morgan fingerprint density at radius 1 is 1.38 bits per heavy atom. The van der Waals surface area contributed by atoms with Crippen LogP contribution in [0.1, 0.15) is 16.6 Å². The van der Waals surface area contributed by atoms with Gasteiger partial charge in [-0.3, -0.25) is 4.90 Å². The van der Waals surface area contributed by atoms with Gasteiger partial charge in [0.1, 0.15) is 9.34 Å². The molecule has 1 aromatic carbocycles. The Balaban J connectivity index is 0.00000161. The Morgan fingerprint density at radius 2 is 2.24 bits per heavy atom. The van der Waals surface area contributed by atoms with Crippen LogP contribution in [0.15, 0.2) is 30.5 Å². The lowest BCUT2D eigenvalue weighted by atomic mass is 10.0. The molecule has 1 aromatic heterocycles. The zero-order valence-electron chi connectivity index (χ0n) is 11.3. The molecule has 1 N–H and O–H groups in total. The summed E-state index contributed by atoms with van der Waals surface area (Å²) in [6, 6.07) is 8.41. The van der Waals surface area contributed by atoms with Crippen LogP contribution in [0.3, 0.4) is 0 Å². The van der Waals surface area contributed by atoms with Gasteiger partial charge in [-0.25, -0.2) is 4.98 Å². The maximum absolute atomic E-state index is 6.11. The summed E-state index contributed by atoms with van der Waals surface area (Å²) in [6.07, 6.45) is 1.72. The number of hydrogen-bond acceptors (Lipinski definition) is 4. The molecule has 0 amide bonds. The van der Waals surface area contributed by atoms with Crippen molar-refractivity contribution in [2.45, 2.75) is 12.6 Å². The second-order valence-electron chi connectivity index (χ2n) is 4.80. The van der Waals surface area contributed by atoms with Gasteiger partial charge in [0, 0.05) is 30.7 Å². The van der Waals surface area contributed by atoms with Crippen LogP contribution in [0.5, 0.6) is 0 Å². The molecule has 114 valence electrons. The lowest BCUT2D eigenvalue weighted by Gasteiger charge is -2.36. The first kappa shape index (κ1) is 17.0. The molecule has 1 saturated heterocycles. The highest BCUT2D eigenvalue weighted by molar-refractivity contribution is 7.15. The molecular formula is C14H16Cl3N3S. The fourth-order valence-corrected chi connectivity index (χ4v) is 3.69. The molecule has 1 unspecified atom stereocenters. The van der Waals surface area contributed by atoms with Crippen molar-refractivity contribution in [1.29, 1.82) is 0 Å². The molecule has 3 nitrogen and oxygen atoms in total. The molecule has 21 heavy (non-hydrogen) atoms. The van der Waals surface area contributed by atoms with E-state index in [1.54, 1.807) is 17.5 Å². The van der Waals surface area contributed by atoms with E-state index in [9.17, 15) is 0 Å². The summed E-state index contributed by atoms with van der Waals surface area (Å²) in [6.45, 7) is 3.75. The van der Waals surface area contributed by atoms with Gasteiger partial charge in [-0.2, -0.15) is 0 Å². The molecule has 0 bridgehead atoms. The van der Waals surface area contributed by atoms with Gasteiger partial charge in [-0.05, 0) is 17.7 Å². The van der Waals surface area contributed by atoms with Crippen LogP contribution in [0.4, 0.5) is 0 Å². The van der Waals surface area contributed by atoms with E-state index >= 15 is 0 Å². The van der Waals surface area contributed by atoms with Gasteiger partial charge >= 0.3 is 0 Å². The topological polar surface area (TPSA) is 28.2 Å². The van der Waals surface area contributed by atoms with E-state index in [0.29, 0.717) is 6.04 Å². The van der Waals surface area contributed by atoms with Gasteiger partial charge in [0.05, 0.1) is 12.7 Å². The number of benzene rings is 1. The van der Waals surface area contributed by atoms with Gasteiger partial charge in [-0.1, -0.05) is 35.3 Å². The quantitative estimate of drug-likeness (QED) is 0.891. The first-order valence-corrected chi connectivity index (χ1v) is 8.10. The third-order valence-electron chi connectivity index (χ3n) is 3.45. The van der Waals surface area contributed by atoms with Crippen LogP contribution < -0.4 is 5.32 Å². The number of thiazole rings is 1. The summed E-state index contributed by atoms with van der Waals surface area (Å²) in [5.41, 5.74) is 1.24. The smallest absolute Gasteiger partial charge is 0.113 e. The maximum Gasteiger partial charge on any atom is 0.113 e. The van der Waals surface area contributed by atoms with E-state index in [2.05, 4.69) is 21.3 Å². The molecular weight excluding hydrogens is 349 g/mol. The summed E-state index contributed by atoms with van der Waals surface area (Å²) >= 11 is 13.6. The summed E-state index contributed by atoms with van der Waals surface area (Å²) in [7, 11) is 0. The number of nitrogens with one attached hydrogen (secondary N) is 1. The van der Waals surface area contributed by atoms with E-state index in [1.807, 2.05) is 18.2 Å². The van der Waals surface area contributed by atoms with Gasteiger partial charge in [0.25, 0.3) is 0 Å². The van der Waals surface area contributed by atoms with Crippen LogP contribution in [-0.4, -0.2) is 29.5 Å². The Morgan fingerprint density at radius 3 is 2.95 bits per heavy atom. The third-order valence-corrected chi connectivity index (χ3v) is 4.79. The van der Waals surface area contributed by atoms with Crippen molar-refractivity contribution in [3.05, 3.63) is 50.4 Å². The minimum absolute atomic E-state index is 0. The molecule has 0 spiro atoms. The highest BCUT2D eigenvalue weighted by Crippen LogP contribution is 2.28. The van der Waals surface area contributed by atoms with Crippen molar-refractivity contribution >= 4 is 46.9 Å². The van der Waals surface area contributed by atoms with Gasteiger partial charge in [-0.15, -0.1) is 23.7 Å². The van der Waals surface area contributed by atoms with Crippen molar-refractivity contribution in [2.24, 2.45) is 0 Å². The van der Waals surface area contributed by atoms with Crippen LogP contribution in [0.2, 0.25) is 9.36 Å². The molecule has 0 radical (unpaired) electrons. The molecule has 1 fully saturated rings. The number of aromatic nitrogens is 1. The van der Waals surface area contributed by atoms with Gasteiger partial charge in [0.15, 0.2) is 0 Å². The predicted molar refractivity (Wildman–Crippen MR) is 91.8 cm³/mol. The summed E-state index contributed by atoms with van der Waals surface area (Å²) in [5.74, 6) is 0. The molecule has 7 heteroatoms. The van der Waals surface area contributed by atoms with Crippen LogP contribution >= 0.6 is 46.9 Å². The van der Waals surface area contributed by atoms with E-state index in [1.165, 1.54) is 5.56 Å². The van der Waals surface area contributed by atoms with Crippen molar-refractivity contribution in [3.8, 4) is 0 Å². The molecule has 0 aliphatic carbocycles. The van der Waals surface area contributed by atoms with E-state index in [0.717, 1.165) is 40.5 Å². The first-order chi connectivity index (χ1) is 9.72. The molecule has 1 aliphatic heterocycles. The summed E-state index contributed by atoms with van der Waals surface area (Å²) < 4.78 is 0.745. The minimum atomic E-state index is 0. The number of hydrogen-bond donors (Lipinski definition) is 1. The first-order valence-electron chi connectivity index (χ1n) is 6.53. The number of piperazine rings is 1. The third kappa shape index (κ3) is 4.31. The normalized spacial score (nSPS) is 19.2. The maximum atomic E-state index is 6.11. The molecule has 1 atom stereocenters. The van der Waals surface area contributed by atoms with Crippen LogP contribution in [0, 0.1) is 0 Å². The Bertz CT molecular complexity index is 590. The highest BCUT2D eigenvalue weighted by atomic mass is 35.5. The van der Waals surface area contributed by atoms with Crippen molar-refractivity contribution in [3.63, 3.8) is 0 Å². The second-order valence-corrected chi connectivity index (χ2v) is 6.99. The Kier molecular flexibility index (Phi) is 6.29. The number of nitrogens with zero attached hydrogens (tertiary/aromatic N) is 2. The predicted octanol–water partition coefficient (Wildman–Crippen LogP) is 4.02. The van der Waals surface area contributed by atoms with E-state index in [4.69, 9.17) is 23.2 Å². The van der Waals surface area contributed by atoms with Crippen molar-refractivity contribution in [1.82, 2.24) is 15.2 Å². The monoisotopic (exact) mass is 363 g/mol. The summed E-state index contributed by atoms with van der Waals surface area (Å²) in [5, 5.41) is 5.29. The zero-order valence-corrected chi connectivity index (χ0v) is 14.4.